The van der Waals surface area contributed by atoms with E-state index in [-0.39, 0.29) is 17.9 Å². The molecular weight excluding hydrogens is 306 g/mol. The first-order valence-electron chi connectivity index (χ1n) is 8.57. The number of carbonyl (C=O) groups is 1. The van der Waals surface area contributed by atoms with E-state index in [4.69, 9.17) is 4.42 Å². The molecule has 3 rings (SSSR count). The lowest BCUT2D eigenvalue weighted by molar-refractivity contribution is -0.132. The molecule has 0 aliphatic carbocycles. The average molecular weight is 331 g/mol. The summed E-state index contributed by atoms with van der Waals surface area (Å²) in [6, 6.07) is 0.0742. The summed E-state index contributed by atoms with van der Waals surface area (Å²) in [7, 11) is 1.99. The Balaban J connectivity index is 1.64. The second-order valence-corrected chi connectivity index (χ2v) is 6.79. The lowest BCUT2D eigenvalue weighted by atomic mass is 10.2. The highest BCUT2D eigenvalue weighted by atomic mass is 16.4. The van der Waals surface area contributed by atoms with E-state index < -0.39 is 0 Å². The first-order valence-corrected chi connectivity index (χ1v) is 8.57. The van der Waals surface area contributed by atoms with Crippen LogP contribution in [0.3, 0.4) is 0 Å². The van der Waals surface area contributed by atoms with Gasteiger partial charge in [-0.1, -0.05) is 13.8 Å². The van der Waals surface area contributed by atoms with Crippen molar-refractivity contribution in [2.24, 2.45) is 7.05 Å². The first-order chi connectivity index (χ1) is 11.5. The fourth-order valence-corrected chi connectivity index (χ4v) is 3.24. The molecule has 24 heavy (non-hydrogen) atoms. The predicted molar refractivity (Wildman–Crippen MR) is 88.3 cm³/mol. The molecule has 7 heteroatoms. The van der Waals surface area contributed by atoms with E-state index in [1.807, 2.05) is 43.5 Å². The Morgan fingerprint density at radius 3 is 2.83 bits per heavy atom. The van der Waals surface area contributed by atoms with Crippen LogP contribution in [0.5, 0.6) is 0 Å². The van der Waals surface area contributed by atoms with Gasteiger partial charge in [0.25, 0.3) is 0 Å². The van der Waals surface area contributed by atoms with Crippen molar-refractivity contribution in [2.45, 2.75) is 58.4 Å². The molecule has 0 N–H and O–H groups in total. The number of hydrogen-bond acceptors (Lipinski definition) is 5. The molecule has 1 amide bonds. The zero-order valence-electron chi connectivity index (χ0n) is 14.8. The van der Waals surface area contributed by atoms with Crippen LogP contribution in [0.25, 0.3) is 0 Å². The van der Waals surface area contributed by atoms with Crippen molar-refractivity contribution in [3.05, 3.63) is 29.5 Å². The predicted octanol–water partition coefficient (Wildman–Crippen LogP) is 2.53. The summed E-state index contributed by atoms with van der Waals surface area (Å²) in [6.07, 6.45) is 4.86. The molecule has 0 spiro atoms. The molecule has 1 fully saturated rings. The minimum atomic E-state index is 0.0742. The lowest BCUT2D eigenvalue weighted by Crippen LogP contribution is -2.32. The van der Waals surface area contributed by atoms with E-state index in [0.717, 1.165) is 30.9 Å². The second-order valence-electron chi connectivity index (χ2n) is 6.79. The van der Waals surface area contributed by atoms with E-state index in [1.54, 1.807) is 0 Å². The van der Waals surface area contributed by atoms with Crippen molar-refractivity contribution in [3.63, 3.8) is 0 Å². The van der Waals surface area contributed by atoms with Crippen LogP contribution in [0.1, 0.15) is 68.4 Å². The number of hydrogen-bond donors (Lipinski definition) is 0. The monoisotopic (exact) mass is 331 g/mol. The number of carbonyl (C=O) groups excluding carboxylic acids is 1. The third kappa shape index (κ3) is 3.34. The van der Waals surface area contributed by atoms with E-state index >= 15 is 0 Å². The molecule has 1 aliphatic heterocycles. The molecule has 0 saturated carbocycles. The van der Waals surface area contributed by atoms with Crippen molar-refractivity contribution in [1.82, 2.24) is 24.6 Å². The van der Waals surface area contributed by atoms with Gasteiger partial charge in [0.05, 0.1) is 11.7 Å². The summed E-state index contributed by atoms with van der Waals surface area (Å²) in [5.74, 6) is 2.47. The Morgan fingerprint density at radius 1 is 1.42 bits per heavy atom. The van der Waals surface area contributed by atoms with Crippen LogP contribution >= 0.6 is 0 Å². The number of aryl methyl sites for hydroxylation is 3. The summed E-state index contributed by atoms with van der Waals surface area (Å²) in [4.78, 5) is 19.2. The Bertz CT molecular complexity index is 718. The molecule has 1 saturated heterocycles. The van der Waals surface area contributed by atoms with Crippen LogP contribution in [-0.2, 0) is 18.3 Å². The molecule has 0 aromatic carbocycles. The van der Waals surface area contributed by atoms with Gasteiger partial charge in [-0.15, -0.1) is 10.2 Å². The van der Waals surface area contributed by atoms with Gasteiger partial charge in [-0.05, 0) is 19.8 Å². The smallest absolute Gasteiger partial charge is 0.223 e. The van der Waals surface area contributed by atoms with Crippen LogP contribution in [-0.4, -0.2) is 37.1 Å². The van der Waals surface area contributed by atoms with Crippen molar-refractivity contribution in [3.8, 4) is 0 Å². The first kappa shape index (κ1) is 16.7. The third-order valence-corrected chi connectivity index (χ3v) is 4.43. The van der Waals surface area contributed by atoms with E-state index in [9.17, 15) is 4.79 Å². The van der Waals surface area contributed by atoms with Crippen LogP contribution < -0.4 is 0 Å². The highest BCUT2D eigenvalue weighted by Gasteiger charge is 2.32. The van der Waals surface area contributed by atoms with Gasteiger partial charge in [0, 0.05) is 38.5 Å². The maximum absolute atomic E-state index is 12.7. The van der Waals surface area contributed by atoms with Gasteiger partial charge < -0.3 is 13.9 Å². The van der Waals surface area contributed by atoms with Crippen molar-refractivity contribution in [2.75, 3.05) is 6.54 Å². The Morgan fingerprint density at radius 2 is 2.21 bits per heavy atom. The Kier molecular flexibility index (Phi) is 4.69. The normalized spacial score (nSPS) is 17.9. The van der Waals surface area contributed by atoms with Crippen molar-refractivity contribution < 1.29 is 9.21 Å². The molecule has 3 heterocycles. The topological polar surface area (TPSA) is 77.0 Å². The fourth-order valence-electron chi connectivity index (χ4n) is 3.24. The highest BCUT2D eigenvalue weighted by Crippen LogP contribution is 2.31. The van der Waals surface area contributed by atoms with Gasteiger partial charge in [-0.3, -0.25) is 4.79 Å². The number of imidazole rings is 1. The maximum Gasteiger partial charge on any atom is 0.223 e. The van der Waals surface area contributed by atoms with E-state index in [0.29, 0.717) is 24.6 Å². The van der Waals surface area contributed by atoms with E-state index in [1.165, 1.54) is 0 Å². The Labute approximate surface area is 142 Å². The summed E-state index contributed by atoms with van der Waals surface area (Å²) in [5.41, 5.74) is 0.985. The van der Waals surface area contributed by atoms with Gasteiger partial charge in [-0.2, -0.15) is 0 Å². The molecule has 0 unspecified atom stereocenters. The summed E-state index contributed by atoms with van der Waals surface area (Å²) in [6.45, 7) is 6.78. The largest absolute Gasteiger partial charge is 0.425 e. The van der Waals surface area contributed by atoms with Crippen molar-refractivity contribution >= 4 is 5.91 Å². The Hall–Kier alpha value is -2.18. The molecule has 7 nitrogen and oxygen atoms in total. The minimum absolute atomic E-state index is 0.0742. The average Bonchev–Trinajstić information content (AvgIpc) is 3.23. The molecular formula is C17H25N5O2. The van der Waals surface area contributed by atoms with Crippen LogP contribution in [0.4, 0.5) is 0 Å². The number of amides is 1. The van der Waals surface area contributed by atoms with Gasteiger partial charge in [-0.25, -0.2) is 4.98 Å². The van der Waals surface area contributed by atoms with Crippen LogP contribution in [0, 0.1) is 6.92 Å². The van der Waals surface area contributed by atoms with Gasteiger partial charge in [0.2, 0.25) is 17.7 Å². The second kappa shape index (κ2) is 6.75. The SMILES string of the molecule is Cc1cn(C)c([C@@H]2CCCN2C(=O)CCc2nnc(C(C)C)o2)n1. The maximum atomic E-state index is 12.7. The quantitative estimate of drug-likeness (QED) is 0.841. The molecule has 1 atom stereocenters. The lowest BCUT2D eigenvalue weighted by Gasteiger charge is -2.24. The fraction of sp³-hybridized carbons (Fsp3) is 0.647. The number of aromatic nitrogens is 4. The van der Waals surface area contributed by atoms with E-state index in [2.05, 4.69) is 15.2 Å². The standard InChI is InChI=1S/C17H25N5O2/c1-11(2)17-20-19-14(24-17)7-8-15(23)22-9-5-6-13(22)16-18-12(3)10-21(16)4/h10-11,13H,5-9H2,1-4H3/t13-/m0/s1. The highest BCUT2D eigenvalue weighted by molar-refractivity contribution is 5.77. The third-order valence-electron chi connectivity index (χ3n) is 4.43. The van der Waals surface area contributed by atoms with Crippen molar-refractivity contribution in [1.29, 1.82) is 0 Å². The van der Waals surface area contributed by atoms with Gasteiger partial charge in [0.1, 0.15) is 5.82 Å². The van der Waals surface area contributed by atoms with Gasteiger partial charge >= 0.3 is 0 Å². The number of rotatable bonds is 5. The van der Waals surface area contributed by atoms with Gasteiger partial charge in [0.15, 0.2) is 0 Å². The molecule has 0 bridgehead atoms. The zero-order valence-corrected chi connectivity index (χ0v) is 14.8. The minimum Gasteiger partial charge on any atom is -0.425 e. The summed E-state index contributed by atoms with van der Waals surface area (Å²) >= 11 is 0. The molecule has 2 aromatic heterocycles. The summed E-state index contributed by atoms with van der Waals surface area (Å²) in [5, 5.41) is 8.04. The molecule has 2 aromatic rings. The number of nitrogens with zero attached hydrogens (tertiary/aromatic N) is 5. The molecule has 130 valence electrons. The molecule has 1 aliphatic rings. The van der Waals surface area contributed by atoms with Crippen LogP contribution in [0.2, 0.25) is 0 Å². The molecule has 0 radical (unpaired) electrons. The number of likely N-dealkylation sites (tertiary alicyclic amines) is 1. The summed E-state index contributed by atoms with van der Waals surface area (Å²) < 4.78 is 7.61. The zero-order chi connectivity index (χ0) is 17.3. The van der Waals surface area contributed by atoms with Crippen LogP contribution in [0.15, 0.2) is 10.6 Å².